The van der Waals surface area contributed by atoms with Crippen molar-refractivity contribution in [3.05, 3.63) is 58.1 Å². The molecule has 1 N–H and O–H groups in total. The van der Waals surface area contributed by atoms with E-state index >= 15 is 0 Å². The Bertz CT molecular complexity index is 1070. The molecule has 2 aromatic rings. The van der Waals surface area contributed by atoms with Gasteiger partial charge >= 0.3 is 11.8 Å². The molecule has 1 fully saturated rings. The fourth-order valence-corrected chi connectivity index (χ4v) is 4.17. The minimum Gasteiger partial charge on any atom is -0.368 e. The highest BCUT2D eigenvalue weighted by atomic mass is 35.5. The quantitative estimate of drug-likeness (QED) is 0.567. The van der Waals surface area contributed by atoms with E-state index in [1.54, 1.807) is 30.0 Å². The first kappa shape index (κ1) is 21.2. The molecule has 2 aliphatic rings. The number of amides is 2. The molecule has 6 nitrogen and oxygen atoms in total. The summed E-state index contributed by atoms with van der Waals surface area (Å²) in [5.74, 6) is -3.02. The second kappa shape index (κ2) is 8.26. The summed E-state index contributed by atoms with van der Waals surface area (Å²) in [4.78, 5) is 39.9. The van der Waals surface area contributed by atoms with Crippen LogP contribution in [0.4, 0.5) is 20.2 Å². The Labute approximate surface area is 182 Å². The van der Waals surface area contributed by atoms with E-state index in [0.29, 0.717) is 37.3 Å². The molecule has 0 saturated carbocycles. The van der Waals surface area contributed by atoms with Gasteiger partial charge in [-0.1, -0.05) is 17.7 Å². The van der Waals surface area contributed by atoms with Crippen molar-refractivity contribution in [2.75, 3.05) is 29.9 Å². The molecule has 9 heteroatoms. The van der Waals surface area contributed by atoms with Crippen LogP contribution in [0.1, 0.15) is 18.1 Å². The number of nitrogens with one attached hydrogen (secondary N) is 1. The predicted octanol–water partition coefficient (Wildman–Crippen LogP) is 2.96. The minimum absolute atomic E-state index is 0.127. The van der Waals surface area contributed by atoms with Crippen molar-refractivity contribution in [1.29, 1.82) is 0 Å². The summed E-state index contributed by atoms with van der Waals surface area (Å²) >= 11 is 5.54. The standard InChI is InChI=1S/C22H20ClF2N3O3/c1-12-11-27(16-9-18(24)20(23)19(25)10-16)4-5-28(12)22(31)21(30)26-15-3-2-13-7-17(29)8-14(13)6-15/h2-3,6,9-10,12H,4-5,7-8,11H2,1H3,(H,26,30)/t12-/m1/s1. The van der Waals surface area contributed by atoms with E-state index in [4.69, 9.17) is 11.6 Å². The second-order valence-electron chi connectivity index (χ2n) is 7.85. The van der Waals surface area contributed by atoms with Crippen LogP contribution in [0.3, 0.4) is 0 Å². The zero-order valence-electron chi connectivity index (χ0n) is 16.8. The number of benzene rings is 2. The van der Waals surface area contributed by atoms with Gasteiger partial charge < -0.3 is 15.1 Å². The number of Topliss-reactive ketones (excluding diaryl/α,β-unsaturated/α-hetero) is 1. The summed E-state index contributed by atoms with van der Waals surface area (Å²) in [7, 11) is 0. The van der Waals surface area contributed by atoms with Crippen LogP contribution in [-0.2, 0) is 27.2 Å². The van der Waals surface area contributed by atoms with Crippen LogP contribution in [0.2, 0.25) is 5.02 Å². The topological polar surface area (TPSA) is 69.7 Å². The zero-order valence-corrected chi connectivity index (χ0v) is 17.5. The summed E-state index contributed by atoms with van der Waals surface area (Å²) in [5, 5.41) is 2.04. The van der Waals surface area contributed by atoms with Gasteiger partial charge in [-0.3, -0.25) is 14.4 Å². The van der Waals surface area contributed by atoms with Crippen LogP contribution >= 0.6 is 11.6 Å². The maximum Gasteiger partial charge on any atom is 0.313 e. The molecule has 0 unspecified atom stereocenters. The molecule has 0 aromatic heterocycles. The monoisotopic (exact) mass is 447 g/mol. The third-order valence-corrected chi connectivity index (χ3v) is 6.02. The molecule has 0 bridgehead atoms. The van der Waals surface area contributed by atoms with Crippen molar-refractivity contribution < 1.29 is 23.2 Å². The van der Waals surface area contributed by atoms with Crippen LogP contribution in [0.25, 0.3) is 0 Å². The lowest BCUT2D eigenvalue weighted by Gasteiger charge is -2.40. The first-order valence-electron chi connectivity index (χ1n) is 9.88. The number of hydrogen-bond donors (Lipinski definition) is 1. The lowest BCUT2D eigenvalue weighted by Crippen LogP contribution is -2.56. The van der Waals surface area contributed by atoms with E-state index in [0.717, 1.165) is 23.3 Å². The molecule has 162 valence electrons. The Balaban J connectivity index is 1.40. The van der Waals surface area contributed by atoms with Crippen molar-refractivity contribution in [3.63, 3.8) is 0 Å². The third-order valence-electron chi connectivity index (χ3n) is 5.66. The van der Waals surface area contributed by atoms with Crippen LogP contribution in [0, 0.1) is 11.6 Å². The summed E-state index contributed by atoms with van der Waals surface area (Å²) in [6, 6.07) is 7.13. The molecule has 0 radical (unpaired) electrons. The number of carbonyl (C=O) groups excluding carboxylic acids is 3. The van der Waals surface area contributed by atoms with Crippen LogP contribution in [0.15, 0.2) is 30.3 Å². The van der Waals surface area contributed by atoms with E-state index in [9.17, 15) is 23.2 Å². The Morgan fingerprint density at radius 2 is 1.74 bits per heavy atom. The predicted molar refractivity (Wildman–Crippen MR) is 112 cm³/mol. The lowest BCUT2D eigenvalue weighted by atomic mass is 10.1. The zero-order chi connectivity index (χ0) is 22.3. The third kappa shape index (κ3) is 4.25. The van der Waals surface area contributed by atoms with Crippen molar-refractivity contribution in [3.8, 4) is 0 Å². The smallest absolute Gasteiger partial charge is 0.313 e. The van der Waals surface area contributed by atoms with Crippen molar-refractivity contribution >= 4 is 40.6 Å². The van der Waals surface area contributed by atoms with Gasteiger partial charge in [0.05, 0.1) is 0 Å². The molecule has 2 aromatic carbocycles. The van der Waals surface area contributed by atoms with E-state index in [1.165, 1.54) is 4.90 Å². The largest absolute Gasteiger partial charge is 0.368 e. The van der Waals surface area contributed by atoms with Gasteiger partial charge in [-0.05, 0) is 42.3 Å². The maximum atomic E-state index is 13.8. The number of piperazine rings is 1. The highest BCUT2D eigenvalue weighted by Crippen LogP contribution is 2.27. The second-order valence-corrected chi connectivity index (χ2v) is 8.22. The van der Waals surface area contributed by atoms with E-state index in [1.807, 2.05) is 0 Å². The van der Waals surface area contributed by atoms with Crippen molar-refractivity contribution in [2.45, 2.75) is 25.8 Å². The lowest BCUT2D eigenvalue weighted by molar-refractivity contribution is -0.144. The average molecular weight is 448 g/mol. The molecule has 1 saturated heterocycles. The number of halogens is 3. The summed E-state index contributed by atoms with van der Waals surface area (Å²) < 4.78 is 27.6. The molecular weight excluding hydrogens is 428 g/mol. The Hall–Kier alpha value is -3.00. The molecular formula is C22H20ClF2N3O3. The Morgan fingerprint density at radius 3 is 2.42 bits per heavy atom. The molecule has 1 atom stereocenters. The van der Waals surface area contributed by atoms with Gasteiger partial charge in [0.25, 0.3) is 0 Å². The SMILES string of the molecule is C[C@@H]1CN(c2cc(F)c(Cl)c(F)c2)CCN1C(=O)C(=O)Nc1ccc2c(c1)CC(=O)C2. The molecule has 0 spiro atoms. The first-order chi connectivity index (χ1) is 14.7. The van der Waals surface area contributed by atoms with Gasteiger partial charge in [0, 0.05) is 49.9 Å². The van der Waals surface area contributed by atoms with Gasteiger partial charge in [-0.15, -0.1) is 0 Å². The van der Waals surface area contributed by atoms with Gasteiger partial charge in [0.2, 0.25) is 0 Å². The van der Waals surface area contributed by atoms with Gasteiger partial charge in [0.1, 0.15) is 22.4 Å². The highest BCUT2D eigenvalue weighted by molar-refractivity contribution is 6.39. The normalized spacial score (nSPS) is 18.2. The number of nitrogens with zero attached hydrogens (tertiary/aromatic N) is 2. The molecule has 1 heterocycles. The first-order valence-corrected chi connectivity index (χ1v) is 10.3. The van der Waals surface area contributed by atoms with E-state index in [2.05, 4.69) is 5.32 Å². The Morgan fingerprint density at radius 1 is 1.06 bits per heavy atom. The molecule has 1 aliphatic heterocycles. The van der Waals surface area contributed by atoms with Gasteiger partial charge in [-0.2, -0.15) is 0 Å². The minimum atomic E-state index is -0.849. The number of anilines is 2. The van der Waals surface area contributed by atoms with E-state index in [-0.39, 0.29) is 18.4 Å². The summed E-state index contributed by atoms with van der Waals surface area (Å²) in [6.07, 6.45) is 0.726. The average Bonchev–Trinajstić information content (AvgIpc) is 3.10. The number of carbonyl (C=O) groups is 3. The molecule has 4 rings (SSSR count). The van der Waals surface area contributed by atoms with Crippen LogP contribution in [0.5, 0.6) is 0 Å². The molecule has 31 heavy (non-hydrogen) atoms. The number of fused-ring (bicyclic) bond motifs is 1. The maximum absolute atomic E-state index is 13.8. The summed E-state index contributed by atoms with van der Waals surface area (Å²) in [6.45, 7) is 2.60. The fourth-order valence-electron chi connectivity index (χ4n) is 4.06. The molecule has 1 aliphatic carbocycles. The number of hydrogen-bond acceptors (Lipinski definition) is 4. The van der Waals surface area contributed by atoms with Crippen LogP contribution < -0.4 is 10.2 Å². The number of rotatable bonds is 2. The van der Waals surface area contributed by atoms with Gasteiger partial charge in [0.15, 0.2) is 0 Å². The van der Waals surface area contributed by atoms with E-state index < -0.39 is 28.5 Å². The number of ketones is 1. The Kier molecular flexibility index (Phi) is 5.66. The van der Waals surface area contributed by atoms with Crippen LogP contribution in [-0.4, -0.2) is 48.2 Å². The molecule has 2 amide bonds. The van der Waals surface area contributed by atoms with Crippen molar-refractivity contribution in [1.82, 2.24) is 4.90 Å². The fraction of sp³-hybridized carbons (Fsp3) is 0.318. The van der Waals surface area contributed by atoms with Crippen molar-refractivity contribution in [2.24, 2.45) is 0 Å². The van der Waals surface area contributed by atoms with Gasteiger partial charge in [-0.25, -0.2) is 8.78 Å². The summed E-state index contributed by atoms with van der Waals surface area (Å²) in [5.41, 5.74) is 2.59. The highest BCUT2D eigenvalue weighted by Gasteiger charge is 2.32.